The molecule has 29 heavy (non-hydrogen) atoms. The zero-order valence-electron chi connectivity index (χ0n) is 16.6. The number of fused-ring (bicyclic) bond motifs is 2. The second-order valence-electron chi connectivity index (χ2n) is 7.62. The summed E-state index contributed by atoms with van der Waals surface area (Å²) in [4.78, 5) is 4.53. The van der Waals surface area contributed by atoms with Gasteiger partial charge in [-0.15, -0.1) is 0 Å². The van der Waals surface area contributed by atoms with Crippen LogP contribution in [0.1, 0.15) is 16.8 Å². The monoisotopic (exact) mass is 373 g/mol. The smallest absolute Gasteiger partial charge is 0.0406 e. The molecule has 4 aromatic carbocycles. The minimum absolute atomic E-state index is 0.940. The predicted octanol–water partition coefficient (Wildman–Crippen LogP) is 7.15. The van der Waals surface area contributed by atoms with Crippen LogP contribution >= 0.6 is 0 Å². The van der Waals surface area contributed by atoms with Crippen LogP contribution in [0.4, 0.5) is 0 Å². The maximum absolute atomic E-state index is 4.53. The lowest BCUT2D eigenvalue weighted by Crippen LogP contribution is -1.99. The van der Waals surface area contributed by atoms with Crippen molar-refractivity contribution in [3.63, 3.8) is 0 Å². The fourth-order valence-corrected chi connectivity index (χ4v) is 4.34. The first-order valence-corrected chi connectivity index (χ1v) is 10.2. The minimum atomic E-state index is 0.940. The third-order valence-corrected chi connectivity index (χ3v) is 5.78. The van der Waals surface area contributed by atoms with Crippen LogP contribution in [0.3, 0.4) is 0 Å². The second kappa shape index (κ2) is 7.52. The molecule has 0 saturated carbocycles. The molecule has 1 heterocycles. The Balaban J connectivity index is 1.75. The molecule has 0 aliphatic carbocycles. The van der Waals surface area contributed by atoms with Gasteiger partial charge in [-0.2, -0.15) is 0 Å². The zero-order valence-corrected chi connectivity index (χ0v) is 16.6. The molecule has 0 unspecified atom stereocenters. The summed E-state index contributed by atoms with van der Waals surface area (Å²) in [7, 11) is 0. The number of nitrogens with zero attached hydrogens (tertiary/aromatic N) is 1. The molecule has 0 aliphatic heterocycles. The Hall–Kier alpha value is -3.45. The van der Waals surface area contributed by atoms with Gasteiger partial charge in [0.05, 0.1) is 0 Å². The van der Waals surface area contributed by atoms with Gasteiger partial charge in [0.1, 0.15) is 0 Å². The SMILES string of the molecule is Cc1ccc2ccccc2c1-c1c(CCc2ccccn2)ccc2ccccc12. The van der Waals surface area contributed by atoms with Gasteiger partial charge in [0.2, 0.25) is 0 Å². The van der Waals surface area contributed by atoms with Crippen molar-refractivity contribution in [2.24, 2.45) is 0 Å². The van der Waals surface area contributed by atoms with Crippen molar-refractivity contribution in [2.75, 3.05) is 0 Å². The number of hydrogen-bond donors (Lipinski definition) is 0. The topological polar surface area (TPSA) is 12.9 Å². The first-order chi connectivity index (χ1) is 14.3. The van der Waals surface area contributed by atoms with Gasteiger partial charge >= 0.3 is 0 Å². The Kier molecular flexibility index (Phi) is 4.57. The number of rotatable bonds is 4. The maximum Gasteiger partial charge on any atom is 0.0406 e. The first-order valence-electron chi connectivity index (χ1n) is 10.2. The van der Waals surface area contributed by atoms with Crippen LogP contribution in [0, 0.1) is 6.92 Å². The van der Waals surface area contributed by atoms with Gasteiger partial charge in [-0.1, -0.05) is 78.9 Å². The van der Waals surface area contributed by atoms with E-state index in [0.717, 1.165) is 18.5 Å². The van der Waals surface area contributed by atoms with E-state index in [1.165, 1.54) is 43.8 Å². The van der Waals surface area contributed by atoms with Gasteiger partial charge in [0.25, 0.3) is 0 Å². The van der Waals surface area contributed by atoms with Crippen LogP contribution in [-0.2, 0) is 12.8 Å². The van der Waals surface area contributed by atoms with E-state index in [1.807, 2.05) is 12.3 Å². The molecule has 140 valence electrons. The Morgan fingerprint density at radius 1 is 0.586 bits per heavy atom. The minimum Gasteiger partial charge on any atom is -0.261 e. The predicted molar refractivity (Wildman–Crippen MR) is 123 cm³/mol. The molecule has 0 aliphatic rings. The standard InChI is InChI=1S/C28H23N/c1-20-13-14-21-8-2-4-11-25(21)27(20)28-23(17-18-24-10-6-7-19-29-24)16-15-22-9-3-5-12-26(22)28/h2-16,19H,17-18H2,1H3. The summed E-state index contributed by atoms with van der Waals surface area (Å²) in [5, 5.41) is 5.22. The lowest BCUT2D eigenvalue weighted by atomic mass is 9.86. The third-order valence-electron chi connectivity index (χ3n) is 5.78. The van der Waals surface area contributed by atoms with Crippen LogP contribution in [0.5, 0.6) is 0 Å². The average Bonchev–Trinajstić information content (AvgIpc) is 2.78. The zero-order chi connectivity index (χ0) is 19.6. The highest BCUT2D eigenvalue weighted by molar-refractivity contribution is 6.07. The Bertz CT molecular complexity index is 1300. The van der Waals surface area contributed by atoms with Crippen molar-refractivity contribution in [3.05, 3.63) is 114 Å². The molecule has 0 N–H and O–H groups in total. The van der Waals surface area contributed by atoms with Crippen LogP contribution in [-0.4, -0.2) is 4.98 Å². The number of hydrogen-bond acceptors (Lipinski definition) is 1. The highest BCUT2D eigenvalue weighted by atomic mass is 14.7. The normalized spacial score (nSPS) is 11.2. The molecule has 5 aromatic rings. The summed E-state index contributed by atoms with van der Waals surface area (Å²) >= 11 is 0. The Labute approximate surface area is 171 Å². The second-order valence-corrected chi connectivity index (χ2v) is 7.62. The van der Waals surface area contributed by atoms with Crippen LogP contribution < -0.4 is 0 Å². The van der Waals surface area contributed by atoms with E-state index in [0.29, 0.717) is 0 Å². The molecule has 0 fully saturated rings. The van der Waals surface area contributed by atoms with E-state index < -0.39 is 0 Å². The fourth-order valence-electron chi connectivity index (χ4n) is 4.34. The van der Waals surface area contributed by atoms with Gasteiger partial charge in [-0.05, 0) is 75.7 Å². The lowest BCUT2D eigenvalue weighted by molar-refractivity contribution is 0.916. The summed E-state index contributed by atoms with van der Waals surface area (Å²) < 4.78 is 0. The average molecular weight is 373 g/mol. The molecular formula is C28H23N. The van der Waals surface area contributed by atoms with Crippen LogP contribution in [0.25, 0.3) is 32.7 Å². The molecule has 0 bridgehead atoms. The van der Waals surface area contributed by atoms with Crippen LogP contribution in [0.15, 0.2) is 97.2 Å². The summed E-state index contributed by atoms with van der Waals surface area (Å²) in [6, 6.07) is 32.7. The van der Waals surface area contributed by atoms with Gasteiger partial charge in [-0.3, -0.25) is 4.98 Å². The molecule has 0 saturated heterocycles. The summed E-state index contributed by atoms with van der Waals surface area (Å²) in [6.07, 6.45) is 3.79. The van der Waals surface area contributed by atoms with Crippen molar-refractivity contribution in [2.45, 2.75) is 19.8 Å². The summed E-state index contributed by atoms with van der Waals surface area (Å²) in [6.45, 7) is 2.23. The van der Waals surface area contributed by atoms with Gasteiger partial charge in [-0.25, -0.2) is 0 Å². The summed E-state index contributed by atoms with van der Waals surface area (Å²) in [5.41, 5.74) is 6.57. The van der Waals surface area contributed by atoms with E-state index in [9.17, 15) is 0 Å². The molecule has 1 aromatic heterocycles. The molecule has 1 heteroatoms. The molecule has 0 amide bonds. The summed E-state index contributed by atoms with van der Waals surface area (Å²) in [5.74, 6) is 0. The van der Waals surface area contributed by atoms with E-state index in [1.54, 1.807) is 0 Å². The van der Waals surface area contributed by atoms with Gasteiger partial charge in [0.15, 0.2) is 0 Å². The molecular weight excluding hydrogens is 350 g/mol. The largest absolute Gasteiger partial charge is 0.261 e. The van der Waals surface area contributed by atoms with Crippen molar-refractivity contribution in [1.29, 1.82) is 0 Å². The fraction of sp³-hybridized carbons (Fsp3) is 0.107. The highest BCUT2D eigenvalue weighted by Crippen LogP contribution is 2.39. The molecule has 0 atom stereocenters. The molecule has 0 radical (unpaired) electrons. The van der Waals surface area contributed by atoms with E-state index in [4.69, 9.17) is 0 Å². The van der Waals surface area contributed by atoms with Crippen molar-refractivity contribution in [1.82, 2.24) is 4.98 Å². The molecule has 1 nitrogen and oxygen atoms in total. The molecule has 0 spiro atoms. The van der Waals surface area contributed by atoms with Crippen molar-refractivity contribution in [3.8, 4) is 11.1 Å². The van der Waals surface area contributed by atoms with Crippen molar-refractivity contribution < 1.29 is 0 Å². The Morgan fingerprint density at radius 3 is 1.97 bits per heavy atom. The van der Waals surface area contributed by atoms with E-state index in [2.05, 4.69) is 96.8 Å². The molecule has 5 rings (SSSR count). The number of aryl methyl sites for hydroxylation is 3. The first kappa shape index (κ1) is 17.6. The lowest BCUT2D eigenvalue weighted by Gasteiger charge is -2.18. The third kappa shape index (κ3) is 3.30. The number of benzene rings is 4. The van der Waals surface area contributed by atoms with E-state index >= 15 is 0 Å². The van der Waals surface area contributed by atoms with Gasteiger partial charge in [0, 0.05) is 11.9 Å². The number of aromatic nitrogens is 1. The highest BCUT2D eigenvalue weighted by Gasteiger charge is 2.15. The number of pyridine rings is 1. The van der Waals surface area contributed by atoms with E-state index in [-0.39, 0.29) is 0 Å². The van der Waals surface area contributed by atoms with Crippen molar-refractivity contribution >= 4 is 21.5 Å². The Morgan fingerprint density at radius 2 is 1.24 bits per heavy atom. The van der Waals surface area contributed by atoms with Gasteiger partial charge < -0.3 is 0 Å². The maximum atomic E-state index is 4.53. The quantitative estimate of drug-likeness (QED) is 0.326. The van der Waals surface area contributed by atoms with Crippen LogP contribution in [0.2, 0.25) is 0 Å².